The van der Waals surface area contributed by atoms with Gasteiger partial charge in [0, 0.05) is 18.2 Å². The number of halogens is 1. The molecule has 0 saturated heterocycles. The fourth-order valence-corrected chi connectivity index (χ4v) is 3.54. The molecule has 2 aromatic heterocycles. The molecule has 7 nitrogen and oxygen atoms in total. The lowest BCUT2D eigenvalue weighted by Crippen LogP contribution is -2.23. The first-order valence-electron chi connectivity index (χ1n) is 6.29. The summed E-state index contributed by atoms with van der Waals surface area (Å²) in [7, 11) is -3.68. The maximum Gasteiger partial charge on any atom is 0.245 e. The first kappa shape index (κ1) is 16.2. The zero-order valence-corrected chi connectivity index (χ0v) is 14.0. The monoisotopic (exact) mass is 377 g/mol. The van der Waals surface area contributed by atoms with Gasteiger partial charge in [-0.05, 0) is 15.9 Å². The first-order valence-corrected chi connectivity index (χ1v) is 8.56. The molecule has 0 saturated carbocycles. The molecule has 2 aromatic rings. The van der Waals surface area contributed by atoms with Crippen LogP contribution in [-0.2, 0) is 23.1 Å². The van der Waals surface area contributed by atoms with E-state index in [1.54, 1.807) is 6.07 Å². The van der Waals surface area contributed by atoms with Crippen LogP contribution >= 0.6 is 15.9 Å². The maximum atomic E-state index is 12.2. The van der Waals surface area contributed by atoms with E-state index in [4.69, 9.17) is 4.42 Å². The van der Waals surface area contributed by atoms with E-state index in [1.807, 2.05) is 13.8 Å². The van der Waals surface area contributed by atoms with Crippen molar-refractivity contribution in [2.45, 2.75) is 37.9 Å². The van der Waals surface area contributed by atoms with Gasteiger partial charge in [0.2, 0.25) is 10.0 Å². The minimum Gasteiger partial charge on any atom is -0.452 e. The zero-order chi connectivity index (χ0) is 15.5. The topological polar surface area (TPSA) is 97.4 Å². The van der Waals surface area contributed by atoms with E-state index in [0.717, 1.165) is 0 Å². The van der Waals surface area contributed by atoms with Gasteiger partial charge in [-0.15, -0.1) is 0 Å². The SMILES string of the molecule is CC(C)NCc1cc(S(=O)(=O)NCc2ccon2)c(Br)o1. The molecule has 0 aliphatic carbocycles. The lowest BCUT2D eigenvalue weighted by atomic mass is 10.3. The summed E-state index contributed by atoms with van der Waals surface area (Å²) in [5.74, 6) is 0.539. The molecule has 2 N–H and O–H groups in total. The second-order valence-corrected chi connectivity index (χ2v) is 7.16. The highest BCUT2D eigenvalue weighted by atomic mass is 79.9. The lowest BCUT2D eigenvalue weighted by molar-refractivity contribution is 0.411. The molecule has 0 fully saturated rings. The number of sulfonamides is 1. The van der Waals surface area contributed by atoms with Crippen LogP contribution in [0, 0.1) is 0 Å². The van der Waals surface area contributed by atoms with Crippen molar-refractivity contribution in [1.82, 2.24) is 15.2 Å². The Morgan fingerprint density at radius 3 is 2.76 bits per heavy atom. The van der Waals surface area contributed by atoms with Gasteiger partial charge in [0.05, 0.1) is 18.8 Å². The van der Waals surface area contributed by atoms with E-state index in [2.05, 4.69) is 35.6 Å². The summed E-state index contributed by atoms with van der Waals surface area (Å²) in [6.07, 6.45) is 1.38. The Morgan fingerprint density at radius 1 is 1.38 bits per heavy atom. The standard InChI is InChI=1S/C12H16BrN3O4S/c1-8(2)14-7-10-5-11(12(13)20-10)21(17,18)15-6-9-3-4-19-16-9/h3-5,8,14-15H,6-7H2,1-2H3. The van der Waals surface area contributed by atoms with Crippen molar-refractivity contribution in [2.24, 2.45) is 0 Å². The zero-order valence-electron chi connectivity index (χ0n) is 11.6. The molecule has 21 heavy (non-hydrogen) atoms. The Bertz CT molecular complexity index is 679. The van der Waals surface area contributed by atoms with E-state index in [0.29, 0.717) is 18.0 Å². The quantitative estimate of drug-likeness (QED) is 0.765. The number of nitrogens with zero attached hydrogens (tertiary/aromatic N) is 1. The predicted octanol–water partition coefficient (Wildman–Crippen LogP) is 2.01. The Hall–Kier alpha value is -1.16. The number of furan rings is 1. The van der Waals surface area contributed by atoms with Gasteiger partial charge in [-0.1, -0.05) is 19.0 Å². The van der Waals surface area contributed by atoms with Crippen LogP contribution in [0.15, 0.2) is 36.9 Å². The fourth-order valence-electron chi connectivity index (χ4n) is 1.55. The molecule has 0 aliphatic heterocycles. The Balaban J connectivity index is 2.08. The van der Waals surface area contributed by atoms with Crippen LogP contribution in [0.5, 0.6) is 0 Å². The van der Waals surface area contributed by atoms with Gasteiger partial charge in [-0.3, -0.25) is 0 Å². The molecule has 0 atom stereocenters. The van der Waals surface area contributed by atoms with Gasteiger partial charge >= 0.3 is 0 Å². The molecular formula is C12H16BrN3O4S. The summed E-state index contributed by atoms with van der Waals surface area (Å²) in [5.41, 5.74) is 0.500. The summed E-state index contributed by atoms with van der Waals surface area (Å²) in [5, 5.41) is 6.80. The third-order valence-corrected chi connectivity index (χ3v) is 4.87. The number of aromatic nitrogens is 1. The van der Waals surface area contributed by atoms with Crippen LogP contribution in [0.3, 0.4) is 0 Å². The highest BCUT2D eigenvalue weighted by Gasteiger charge is 2.22. The molecule has 0 bridgehead atoms. The lowest BCUT2D eigenvalue weighted by Gasteiger charge is -2.04. The van der Waals surface area contributed by atoms with Gasteiger partial charge < -0.3 is 14.3 Å². The van der Waals surface area contributed by atoms with Crippen LogP contribution in [0.1, 0.15) is 25.3 Å². The first-order chi connectivity index (χ1) is 9.88. The van der Waals surface area contributed by atoms with Crippen molar-refractivity contribution in [3.8, 4) is 0 Å². The Labute approximate surface area is 131 Å². The van der Waals surface area contributed by atoms with E-state index in [-0.39, 0.29) is 22.2 Å². The van der Waals surface area contributed by atoms with E-state index >= 15 is 0 Å². The van der Waals surface area contributed by atoms with Gasteiger partial charge in [0.1, 0.15) is 16.9 Å². The van der Waals surface area contributed by atoms with Crippen LogP contribution in [0.2, 0.25) is 0 Å². The molecule has 0 aromatic carbocycles. The number of hydrogen-bond acceptors (Lipinski definition) is 6. The van der Waals surface area contributed by atoms with Gasteiger partial charge in [-0.2, -0.15) is 0 Å². The van der Waals surface area contributed by atoms with Crippen molar-refractivity contribution in [1.29, 1.82) is 0 Å². The summed E-state index contributed by atoms with van der Waals surface area (Å²) in [4.78, 5) is 0.0616. The molecular weight excluding hydrogens is 362 g/mol. The molecule has 116 valence electrons. The molecule has 0 amide bonds. The van der Waals surface area contributed by atoms with Gasteiger partial charge in [0.25, 0.3) is 0 Å². The van der Waals surface area contributed by atoms with Crippen LogP contribution in [-0.4, -0.2) is 19.6 Å². The van der Waals surface area contributed by atoms with Gasteiger partial charge in [0.15, 0.2) is 4.67 Å². The van der Waals surface area contributed by atoms with Crippen molar-refractivity contribution in [3.63, 3.8) is 0 Å². The van der Waals surface area contributed by atoms with Crippen molar-refractivity contribution in [2.75, 3.05) is 0 Å². The van der Waals surface area contributed by atoms with E-state index in [1.165, 1.54) is 12.3 Å². The number of rotatable bonds is 7. The molecule has 0 radical (unpaired) electrons. The molecule has 0 aliphatic rings. The highest BCUT2D eigenvalue weighted by Crippen LogP contribution is 2.26. The largest absolute Gasteiger partial charge is 0.452 e. The van der Waals surface area contributed by atoms with Crippen molar-refractivity contribution in [3.05, 3.63) is 34.5 Å². The summed E-state index contributed by atoms with van der Waals surface area (Å²) in [6.45, 7) is 4.50. The second-order valence-electron chi connectivity index (χ2n) is 4.70. The van der Waals surface area contributed by atoms with Crippen LogP contribution < -0.4 is 10.0 Å². The minimum atomic E-state index is -3.68. The normalized spacial score (nSPS) is 12.2. The average molecular weight is 378 g/mol. The summed E-state index contributed by atoms with van der Waals surface area (Å²) < 4.78 is 37.1. The fraction of sp³-hybridized carbons (Fsp3) is 0.417. The average Bonchev–Trinajstić information content (AvgIpc) is 3.03. The maximum absolute atomic E-state index is 12.2. The Kier molecular flexibility index (Phi) is 5.20. The second kappa shape index (κ2) is 6.73. The third kappa shape index (κ3) is 4.40. The minimum absolute atomic E-state index is 0.0516. The van der Waals surface area contributed by atoms with Crippen molar-refractivity contribution >= 4 is 26.0 Å². The van der Waals surface area contributed by atoms with Crippen LogP contribution in [0.4, 0.5) is 0 Å². The number of hydrogen-bond donors (Lipinski definition) is 2. The van der Waals surface area contributed by atoms with E-state index in [9.17, 15) is 8.42 Å². The van der Waals surface area contributed by atoms with E-state index < -0.39 is 10.0 Å². The Morgan fingerprint density at radius 2 is 2.14 bits per heavy atom. The predicted molar refractivity (Wildman–Crippen MR) is 78.9 cm³/mol. The molecule has 9 heteroatoms. The summed E-state index contributed by atoms with van der Waals surface area (Å²) >= 11 is 3.13. The van der Waals surface area contributed by atoms with Crippen molar-refractivity contribution < 1.29 is 17.4 Å². The molecule has 2 rings (SSSR count). The number of nitrogens with one attached hydrogen (secondary N) is 2. The van der Waals surface area contributed by atoms with Gasteiger partial charge in [-0.25, -0.2) is 13.1 Å². The van der Waals surface area contributed by atoms with Crippen LogP contribution in [0.25, 0.3) is 0 Å². The highest BCUT2D eigenvalue weighted by molar-refractivity contribution is 9.10. The smallest absolute Gasteiger partial charge is 0.245 e. The molecule has 2 heterocycles. The molecule has 0 unspecified atom stereocenters. The molecule has 0 spiro atoms. The third-order valence-electron chi connectivity index (χ3n) is 2.62. The summed E-state index contributed by atoms with van der Waals surface area (Å²) in [6, 6.07) is 3.36.